The second-order valence-electron chi connectivity index (χ2n) is 3.80. The van der Waals surface area contributed by atoms with Crippen LogP contribution in [0.3, 0.4) is 0 Å². The van der Waals surface area contributed by atoms with E-state index in [9.17, 15) is 5.11 Å². The lowest BCUT2D eigenvalue weighted by molar-refractivity contribution is 0.0790. The summed E-state index contributed by atoms with van der Waals surface area (Å²) < 4.78 is 0. The molecule has 0 aromatic carbocycles. The number of rotatable bonds is 5. The maximum atomic E-state index is 9.33. The highest BCUT2D eigenvalue weighted by Gasteiger charge is 2.10. The molecule has 0 fully saturated rings. The highest BCUT2D eigenvalue weighted by atomic mass is 16.3. The largest absolute Gasteiger partial charge is 0.390 e. The first kappa shape index (κ1) is 10.7. The van der Waals surface area contributed by atoms with E-state index < -0.39 is 5.60 Å². The van der Waals surface area contributed by atoms with Gasteiger partial charge >= 0.3 is 0 Å². The first-order chi connectivity index (χ1) is 4.92. The Morgan fingerprint density at radius 1 is 1.55 bits per heavy atom. The Bertz CT molecular complexity index is 119. The lowest BCUT2D eigenvalue weighted by Crippen LogP contribution is -2.17. The van der Waals surface area contributed by atoms with Crippen LogP contribution >= 0.6 is 0 Å². The van der Waals surface area contributed by atoms with E-state index in [1.807, 2.05) is 20.8 Å². The highest BCUT2D eigenvalue weighted by Crippen LogP contribution is 2.13. The topological polar surface area (TPSA) is 20.2 Å². The van der Waals surface area contributed by atoms with Gasteiger partial charge in [0.1, 0.15) is 0 Å². The molecule has 0 atom stereocenters. The van der Waals surface area contributed by atoms with Crippen molar-refractivity contribution in [2.45, 2.75) is 45.6 Å². The van der Waals surface area contributed by atoms with Gasteiger partial charge in [-0.25, -0.2) is 0 Å². The van der Waals surface area contributed by atoms with Crippen LogP contribution in [0.15, 0.2) is 12.2 Å². The summed E-state index contributed by atoms with van der Waals surface area (Å²) in [7, 11) is 0. The van der Waals surface area contributed by atoms with Crippen LogP contribution in [0, 0.1) is 6.42 Å². The summed E-state index contributed by atoms with van der Waals surface area (Å²) in [6.45, 7) is 9.48. The van der Waals surface area contributed by atoms with E-state index in [0.717, 1.165) is 19.3 Å². The van der Waals surface area contributed by atoms with E-state index in [0.29, 0.717) is 0 Å². The molecule has 0 aromatic heterocycles. The third-order valence-corrected chi connectivity index (χ3v) is 1.42. The van der Waals surface area contributed by atoms with Crippen LogP contribution < -0.4 is 0 Å². The van der Waals surface area contributed by atoms with Crippen molar-refractivity contribution < 1.29 is 5.11 Å². The summed E-state index contributed by atoms with van der Waals surface area (Å²) in [5.74, 6) is 0. The van der Waals surface area contributed by atoms with Crippen LogP contribution in [0.25, 0.3) is 0 Å². The smallest absolute Gasteiger partial charge is 0.0594 e. The van der Waals surface area contributed by atoms with E-state index in [1.165, 1.54) is 5.57 Å². The molecule has 1 heteroatoms. The van der Waals surface area contributed by atoms with Crippen molar-refractivity contribution in [3.63, 3.8) is 0 Å². The zero-order valence-electron chi connectivity index (χ0n) is 7.85. The van der Waals surface area contributed by atoms with Gasteiger partial charge in [-0.3, -0.25) is 0 Å². The molecule has 0 unspecified atom stereocenters. The molecule has 0 aliphatic carbocycles. The molecule has 1 nitrogen and oxygen atoms in total. The van der Waals surface area contributed by atoms with E-state index in [1.54, 1.807) is 0 Å². The fourth-order valence-electron chi connectivity index (χ4n) is 0.804. The Morgan fingerprint density at radius 2 is 2.09 bits per heavy atom. The molecule has 1 N–H and O–H groups in total. The Kier molecular flexibility index (Phi) is 4.43. The Morgan fingerprint density at radius 3 is 2.45 bits per heavy atom. The second kappa shape index (κ2) is 4.55. The normalized spacial score (nSPS) is 11.6. The number of hydrogen-bond donors (Lipinski definition) is 1. The first-order valence-electron chi connectivity index (χ1n) is 4.10. The fourth-order valence-corrected chi connectivity index (χ4v) is 0.804. The van der Waals surface area contributed by atoms with Crippen LogP contribution in [0.1, 0.15) is 40.0 Å². The summed E-state index contributed by atoms with van der Waals surface area (Å²) in [4.78, 5) is 0. The van der Waals surface area contributed by atoms with Crippen molar-refractivity contribution in [2.75, 3.05) is 0 Å². The molecule has 1 radical (unpaired) electrons. The average molecular weight is 155 g/mol. The van der Waals surface area contributed by atoms with Crippen molar-refractivity contribution in [2.24, 2.45) is 0 Å². The molecule has 0 amide bonds. The molecular formula is C10H19O. The van der Waals surface area contributed by atoms with Crippen molar-refractivity contribution >= 4 is 0 Å². The van der Waals surface area contributed by atoms with Crippen LogP contribution in [0.5, 0.6) is 0 Å². The molecule has 0 aliphatic rings. The second-order valence-corrected chi connectivity index (χ2v) is 3.80. The predicted molar refractivity (Wildman–Crippen MR) is 49.3 cm³/mol. The monoisotopic (exact) mass is 155 g/mol. The molecule has 0 heterocycles. The lowest BCUT2D eigenvalue weighted by atomic mass is 10.00. The van der Waals surface area contributed by atoms with E-state index in [2.05, 4.69) is 13.0 Å². The van der Waals surface area contributed by atoms with Crippen molar-refractivity contribution in [1.29, 1.82) is 0 Å². The summed E-state index contributed by atoms with van der Waals surface area (Å²) in [6, 6.07) is 0. The molecule has 0 aromatic rings. The number of unbranched alkanes of at least 4 members (excludes halogenated alkanes) is 1. The minimum atomic E-state index is -0.547. The summed E-state index contributed by atoms with van der Waals surface area (Å²) >= 11 is 0. The summed E-state index contributed by atoms with van der Waals surface area (Å²) in [5, 5.41) is 9.33. The van der Waals surface area contributed by atoms with E-state index in [4.69, 9.17) is 0 Å². The Balaban J connectivity index is 3.22. The number of hydrogen-bond acceptors (Lipinski definition) is 1. The standard InChI is InChI=1S/C10H19O/c1-9(2)7-5-6-8-10(3,4)11/h6,11H,1,5,7-8H2,2-4H3. The van der Waals surface area contributed by atoms with Crippen LogP contribution in [-0.4, -0.2) is 10.7 Å². The third kappa shape index (κ3) is 9.70. The Hall–Kier alpha value is -0.300. The molecule has 0 bridgehead atoms. The third-order valence-electron chi connectivity index (χ3n) is 1.42. The summed E-state index contributed by atoms with van der Waals surface area (Å²) in [5.41, 5.74) is 0.659. The zero-order valence-corrected chi connectivity index (χ0v) is 7.85. The van der Waals surface area contributed by atoms with Gasteiger partial charge in [-0.2, -0.15) is 0 Å². The van der Waals surface area contributed by atoms with Gasteiger partial charge in [0.2, 0.25) is 0 Å². The maximum absolute atomic E-state index is 9.33. The van der Waals surface area contributed by atoms with Gasteiger partial charge in [-0.15, -0.1) is 6.58 Å². The van der Waals surface area contributed by atoms with E-state index in [-0.39, 0.29) is 0 Å². The molecular weight excluding hydrogens is 136 g/mol. The van der Waals surface area contributed by atoms with Gasteiger partial charge in [0, 0.05) is 0 Å². The minimum absolute atomic E-state index is 0.547. The van der Waals surface area contributed by atoms with Crippen molar-refractivity contribution in [3.05, 3.63) is 18.6 Å². The van der Waals surface area contributed by atoms with Crippen molar-refractivity contribution in [1.82, 2.24) is 0 Å². The predicted octanol–water partition coefficient (Wildman–Crippen LogP) is 2.71. The maximum Gasteiger partial charge on any atom is 0.0594 e. The number of allylic oxidation sites excluding steroid dienone is 1. The van der Waals surface area contributed by atoms with Gasteiger partial charge in [-0.1, -0.05) is 5.57 Å². The van der Waals surface area contributed by atoms with Crippen LogP contribution in [0.4, 0.5) is 0 Å². The average Bonchev–Trinajstić information content (AvgIpc) is 1.78. The fraction of sp³-hybridized carbons (Fsp3) is 0.700. The molecule has 65 valence electrons. The van der Waals surface area contributed by atoms with Gasteiger partial charge < -0.3 is 5.11 Å². The van der Waals surface area contributed by atoms with Gasteiger partial charge in [0.25, 0.3) is 0 Å². The van der Waals surface area contributed by atoms with Gasteiger partial charge in [0.05, 0.1) is 5.60 Å². The quantitative estimate of drug-likeness (QED) is 0.478. The lowest BCUT2D eigenvalue weighted by Gasteiger charge is -2.15. The van der Waals surface area contributed by atoms with Crippen LogP contribution in [-0.2, 0) is 0 Å². The minimum Gasteiger partial charge on any atom is -0.390 e. The van der Waals surface area contributed by atoms with Crippen LogP contribution in [0.2, 0.25) is 0 Å². The molecule has 11 heavy (non-hydrogen) atoms. The molecule has 0 saturated carbocycles. The summed E-state index contributed by atoms with van der Waals surface area (Å²) in [6.07, 6.45) is 4.95. The molecule has 0 saturated heterocycles. The SMILES string of the molecule is C=C(C)CC[CH]CC(C)(C)O. The molecule has 0 spiro atoms. The zero-order chi connectivity index (χ0) is 8.91. The van der Waals surface area contributed by atoms with Crippen molar-refractivity contribution in [3.8, 4) is 0 Å². The van der Waals surface area contributed by atoms with Gasteiger partial charge in [-0.05, 0) is 46.5 Å². The Labute approximate surface area is 70.1 Å². The van der Waals surface area contributed by atoms with Gasteiger partial charge in [0.15, 0.2) is 0 Å². The molecule has 0 aliphatic heterocycles. The number of aliphatic hydroxyl groups is 1. The molecule has 0 rings (SSSR count). The van der Waals surface area contributed by atoms with E-state index >= 15 is 0 Å². The highest BCUT2D eigenvalue weighted by molar-refractivity contribution is 4.90. The first-order valence-corrected chi connectivity index (χ1v) is 4.10.